The Hall–Kier alpha value is -1.81. The number of halogens is 1. The summed E-state index contributed by atoms with van der Waals surface area (Å²) in [6.45, 7) is 0.672. The van der Waals surface area contributed by atoms with Gasteiger partial charge in [0.25, 0.3) is 0 Å². The van der Waals surface area contributed by atoms with E-state index in [1.165, 1.54) is 0 Å². The molecule has 94 valence electrons. The molecule has 1 aromatic carbocycles. The monoisotopic (exact) mass is 263 g/mol. The molecular formula is C13H14ClN3O. The average Bonchev–Trinajstić information content (AvgIpc) is 2.40. The fourth-order valence-electron chi connectivity index (χ4n) is 1.66. The highest BCUT2D eigenvalue weighted by molar-refractivity contribution is 6.30. The molecule has 0 aliphatic heterocycles. The minimum atomic E-state index is 0.532. The van der Waals surface area contributed by atoms with Crippen molar-refractivity contribution < 1.29 is 4.74 Å². The summed E-state index contributed by atoms with van der Waals surface area (Å²) in [5, 5.41) is 0.532. The number of para-hydroxylation sites is 1. The lowest BCUT2D eigenvalue weighted by molar-refractivity contribution is 0.409. The topological polar surface area (TPSA) is 38.2 Å². The summed E-state index contributed by atoms with van der Waals surface area (Å²) in [6, 6.07) is 7.88. The number of hydrogen-bond donors (Lipinski definition) is 0. The zero-order chi connectivity index (χ0) is 13.0. The molecule has 0 aliphatic carbocycles. The first-order valence-electron chi connectivity index (χ1n) is 5.51. The lowest BCUT2D eigenvalue weighted by atomic mass is 10.2. The lowest BCUT2D eigenvalue weighted by Crippen LogP contribution is -2.19. The van der Waals surface area contributed by atoms with Gasteiger partial charge in [-0.05, 0) is 6.07 Å². The molecule has 0 aliphatic rings. The third-order valence-electron chi connectivity index (χ3n) is 2.55. The highest BCUT2D eigenvalue weighted by atomic mass is 35.5. The number of methoxy groups -OCH3 is 1. The van der Waals surface area contributed by atoms with Crippen LogP contribution in [0.15, 0.2) is 36.7 Å². The molecule has 0 atom stereocenters. The third kappa shape index (κ3) is 2.90. The third-order valence-corrected chi connectivity index (χ3v) is 2.74. The van der Waals surface area contributed by atoms with Crippen molar-refractivity contribution in [1.82, 2.24) is 9.97 Å². The van der Waals surface area contributed by atoms with Crippen LogP contribution in [0.4, 0.5) is 5.95 Å². The molecule has 5 heteroatoms. The first-order chi connectivity index (χ1) is 8.70. The molecule has 0 bridgehead atoms. The minimum absolute atomic E-state index is 0.532. The Kier molecular flexibility index (Phi) is 3.99. The molecule has 2 rings (SSSR count). The smallest absolute Gasteiger partial charge is 0.225 e. The number of ether oxygens (including phenoxy) is 1. The number of nitrogens with zero attached hydrogens (tertiary/aromatic N) is 3. The molecule has 1 heterocycles. The van der Waals surface area contributed by atoms with Gasteiger partial charge in [0.2, 0.25) is 5.95 Å². The predicted octanol–water partition coefficient (Wildman–Crippen LogP) is 2.78. The molecule has 0 radical (unpaired) electrons. The van der Waals surface area contributed by atoms with Crippen LogP contribution in [-0.4, -0.2) is 24.1 Å². The Morgan fingerprint density at radius 2 is 1.89 bits per heavy atom. The Labute approximate surface area is 111 Å². The molecule has 1 aromatic heterocycles. The summed E-state index contributed by atoms with van der Waals surface area (Å²) in [5.74, 6) is 1.49. The van der Waals surface area contributed by atoms with Crippen molar-refractivity contribution in [2.24, 2.45) is 0 Å². The van der Waals surface area contributed by atoms with E-state index in [0.717, 1.165) is 11.3 Å². The molecule has 4 nitrogen and oxygen atoms in total. The summed E-state index contributed by atoms with van der Waals surface area (Å²) in [4.78, 5) is 10.3. The molecule has 0 fully saturated rings. The summed E-state index contributed by atoms with van der Waals surface area (Å²) >= 11 is 5.76. The van der Waals surface area contributed by atoms with Gasteiger partial charge in [0.15, 0.2) is 0 Å². The lowest BCUT2D eigenvalue weighted by Gasteiger charge is -2.18. The maximum atomic E-state index is 5.76. The van der Waals surface area contributed by atoms with E-state index in [4.69, 9.17) is 16.3 Å². The van der Waals surface area contributed by atoms with Crippen LogP contribution in [0.1, 0.15) is 5.56 Å². The molecule has 0 saturated heterocycles. The van der Waals surface area contributed by atoms with E-state index in [2.05, 4.69) is 9.97 Å². The second kappa shape index (κ2) is 5.69. The zero-order valence-electron chi connectivity index (χ0n) is 10.3. The van der Waals surface area contributed by atoms with Crippen molar-refractivity contribution in [3.05, 3.63) is 47.2 Å². The normalized spacial score (nSPS) is 10.2. The second-order valence-corrected chi connectivity index (χ2v) is 4.31. The predicted molar refractivity (Wildman–Crippen MR) is 72.1 cm³/mol. The van der Waals surface area contributed by atoms with E-state index in [0.29, 0.717) is 17.5 Å². The van der Waals surface area contributed by atoms with Crippen LogP contribution in [0.5, 0.6) is 5.75 Å². The molecule has 18 heavy (non-hydrogen) atoms. The molecule has 0 unspecified atom stereocenters. The summed E-state index contributed by atoms with van der Waals surface area (Å²) in [7, 11) is 3.59. The molecule has 0 amide bonds. The SMILES string of the molecule is COc1ccccc1CN(C)c1ncc(Cl)cn1. The second-order valence-electron chi connectivity index (χ2n) is 3.87. The first kappa shape index (κ1) is 12.6. The summed E-state index contributed by atoms with van der Waals surface area (Å²) in [5.41, 5.74) is 1.08. The van der Waals surface area contributed by atoms with Crippen LogP contribution in [0.3, 0.4) is 0 Å². The van der Waals surface area contributed by atoms with Crippen LogP contribution in [0, 0.1) is 0 Å². The Bertz CT molecular complexity index is 516. The van der Waals surface area contributed by atoms with E-state index < -0.39 is 0 Å². The molecule has 2 aromatic rings. The van der Waals surface area contributed by atoms with Gasteiger partial charge in [0, 0.05) is 19.2 Å². The first-order valence-corrected chi connectivity index (χ1v) is 5.89. The van der Waals surface area contributed by atoms with Gasteiger partial charge in [-0.25, -0.2) is 9.97 Å². The zero-order valence-corrected chi connectivity index (χ0v) is 11.1. The summed E-state index contributed by atoms with van der Waals surface area (Å²) < 4.78 is 5.31. The minimum Gasteiger partial charge on any atom is -0.496 e. The molecule has 0 N–H and O–H groups in total. The van der Waals surface area contributed by atoms with Gasteiger partial charge >= 0.3 is 0 Å². The van der Waals surface area contributed by atoms with Crippen LogP contribution in [0.25, 0.3) is 0 Å². The van der Waals surface area contributed by atoms with Gasteiger partial charge < -0.3 is 9.64 Å². The van der Waals surface area contributed by atoms with E-state index in [1.807, 2.05) is 36.2 Å². The van der Waals surface area contributed by atoms with Crippen molar-refractivity contribution in [1.29, 1.82) is 0 Å². The Morgan fingerprint density at radius 3 is 2.56 bits per heavy atom. The largest absolute Gasteiger partial charge is 0.496 e. The standard InChI is InChI=1S/C13H14ClN3O/c1-17(13-15-7-11(14)8-16-13)9-10-5-3-4-6-12(10)18-2/h3-8H,9H2,1-2H3. The highest BCUT2D eigenvalue weighted by Crippen LogP contribution is 2.20. The van der Waals surface area contributed by atoms with Gasteiger partial charge in [-0.1, -0.05) is 29.8 Å². The summed E-state index contributed by atoms with van der Waals surface area (Å²) in [6.07, 6.45) is 3.17. The number of rotatable bonds is 4. The van der Waals surface area contributed by atoms with E-state index in [1.54, 1.807) is 19.5 Å². The maximum Gasteiger partial charge on any atom is 0.225 e. The van der Waals surface area contributed by atoms with Gasteiger partial charge in [0.1, 0.15) is 5.75 Å². The Morgan fingerprint density at radius 1 is 1.22 bits per heavy atom. The van der Waals surface area contributed by atoms with Crippen LogP contribution < -0.4 is 9.64 Å². The number of benzene rings is 1. The Balaban J connectivity index is 2.15. The van der Waals surface area contributed by atoms with Gasteiger partial charge in [-0.2, -0.15) is 0 Å². The van der Waals surface area contributed by atoms with Crippen LogP contribution in [0.2, 0.25) is 5.02 Å². The van der Waals surface area contributed by atoms with Crippen LogP contribution >= 0.6 is 11.6 Å². The van der Waals surface area contributed by atoms with Crippen molar-refractivity contribution in [2.45, 2.75) is 6.54 Å². The maximum absolute atomic E-state index is 5.76. The highest BCUT2D eigenvalue weighted by Gasteiger charge is 2.08. The van der Waals surface area contributed by atoms with E-state index in [-0.39, 0.29) is 0 Å². The van der Waals surface area contributed by atoms with Gasteiger partial charge in [0.05, 0.1) is 24.5 Å². The molecule has 0 spiro atoms. The van der Waals surface area contributed by atoms with Crippen molar-refractivity contribution in [2.75, 3.05) is 19.1 Å². The molecular weight excluding hydrogens is 250 g/mol. The quantitative estimate of drug-likeness (QED) is 0.850. The van der Waals surface area contributed by atoms with Crippen molar-refractivity contribution in [3.63, 3.8) is 0 Å². The van der Waals surface area contributed by atoms with E-state index >= 15 is 0 Å². The average molecular weight is 264 g/mol. The van der Waals surface area contributed by atoms with Crippen molar-refractivity contribution in [3.8, 4) is 5.75 Å². The van der Waals surface area contributed by atoms with Crippen molar-refractivity contribution >= 4 is 17.5 Å². The number of aromatic nitrogens is 2. The van der Waals surface area contributed by atoms with Gasteiger partial charge in [-0.3, -0.25) is 0 Å². The number of anilines is 1. The number of hydrogen-bond acceptors (Lipinski definition) is 4. The molecule has 0 saturated carbocycles. The van der Waals surface area contributed by atoms with Gasteiger partial charge in [-0.15, -0.1) is 0 Å². The fraction of sp³-hybridized carbons (Fsp3) is 0.231. The fourth-order valence-corrected chi connectivity index (χ4v) is 1.76. The van der Waals surface area contributed by atoms with Crippen LogP contribution in [-0.2, 0) is 6.54 Å². The van der Waals surface area contributed by atoms with E-state index in [9.17, 15) is 0 Å².